The van der Waals surface area contributed by atoms with Gasteiger partial charge in [0.25, 0.3) is 0 Å². The van der Waals surface area contributed by atoms with Crippen molar-refractivity contribution >= 4 is 5.82 Å². The summed E-state index contributed by atoms with van der Waals surface area (Å²) in [5.74, 6) is 1.95. The van der Waals surface area contributed by atoms with Gasteiger partial charge in [-0.2, -0.15) is 0 Å². The van der Waals surface area contributed by atoms with E-state index in [0.29, 0.717) is 11.7 Å². The van der Waals surface area contributed by atoms with E-state index in [-0.39, 0.29) is 0 Å². The lowest BCUT2D eigenvalue weighted by Crippen LogP contribution is -2.29. The van der Waals surface area contributed by atoms with Crippen molar-refractivity contribution in [1.82, 2.24) is 9.88 Å². The van der Waals surface area contributed by atoms with Gasteiger partial charge in [0.1, 0.15) is 11.6 Å². The Morgan fingerprint density at radius 3 is 2.75 bits per heavy atom. The van der Waals surface area contributed by atoms with Gasteiger partial charge in [0, 0.05) is 17.8 Å². The Morgan fingerprint density at radius 1 is 1.44 bits per heavy atom. The van der Waals surface area contributed by atoms with E-state index in [0.717, 1.165) is 18.8 Å². The number of nitrogens with two attached hydrogens (primary N) is 1. The molecule has 88 valence electrons. The molecular weight excluding hydrogens is 202 g/mol. The van der Waals surface area contributed by atoms with Gasteiger partial charge >= 0.3 is 0 Å². The van der Waals surface area contributed by atoms with Gasteiger partial charge in [0.15, 0.2) is 0 Å². The third-order valence-electron chi connectivity index (χ3n) is 3.29. The second-order valence-corrected chi connectivity index (χ2v) is 4.43. The fourth-order valence-electron chi connectivity index (χ4n) is 2.27. The fourth-order valence-corrected chi connectivity index (χ4v) is 2.27. The van der Waals surface area contributed by atoms with Gasteiger partial charge in [-0.05, 0) is 38.9 Å². The molecule has 16 heavy (non-hydrogen) atoms. The minimum Gasteiger partial charge on any atom is -0.496 e. The van der Waals surface area contributed by atoms with E-state index in [4.69, 9.17) is 10.5 Å². The van der Waals surface area contributed by atoms with Crippen LogP contribution >= 0.6 is 0 Å². The van der Waals surface area contributed by atoms with Crippen LogP contribution in [-0.2, 0) is 0 Å². The topological polar surface area (TPSA) is 51.4 Å². The van der Waals surface area contributed by atoms with Crippen LogP contribution in [0.25, 0.3) is 0 Å². The number of methoxy groups -OCH3 is 1. The molecule has 0 aromatic carbocycles. The van der Waals surface area contributed by atoms with Crippen molar-refractivity contribution in [2.24, 2.45) is 0 Å². The molecule has 0 bridgehead atoms. The van der Waals surface area contributed by atoms with E-state index >= 15 is 0 Å². The van der Waals surface area contributed by atoms with Gasteiger partial charge in [-0.15, -0.1) is 0 Å². The first-order chi connectivity index (χ1) is 7.70. The Hall–Kier alpha value is -1.29. The largest absolute Gasteiger partial charge is 0.496 e. The van der Waals surface area contributed by atoms with Crippen molar-refractivity contribution in [2.75, 3.05) is 33.0 Å². The molecule has 1 aliphatic rings. The summed E-state index contributed by atoms with van der Waals surface area (Å²) in [5, 5.41) is 0. The number of likely N-dealkylation sites (tertiary alicyclic amines) is 1. The number of aromatic nitrogens is 1. The molecule has 1 saturated heterocycles. The molecule has 4 nitrogen and oxygen atoms in total. The molecule has 1 fully saturated rings. The molecule has 0 radical (unpaired) electrons. The number of hydrogen-bond acceptors (Lipinski definition) is 4. The van der Waals surface area contributed by atoms with Crippen molar-refractivity contribution < 1.29 is 4.74 Å². The van der Waals surface area contributed by atoms with Crippen LogP contribution in [0, 0.1) is 0 Å². The van der Waals surface area contributed by atoms with Gasteiger partial charge in [0.2, 0.25) is 0 Å². The van der Waals surface area contributed by atoms with Crippen LogP contribution in [0.4, 0.5) is 5.82 Å². The van der Waals surface area contributed by atoms with Crippen LogP contribution < -0.4 is 10.5 Å². The average Bonchev–Trinajstić information content (AvgIpc) is 2.30. The molecule has 2 rings (SSSR count). The van der Waals surface area contributed by atoms with Gasteiger partial charge in [0.05, 0.1) is 7.11 Å². The Labute approximate surface area is 96.4 Å². The van der Waals surface area contributed by atoms with Crippen LogP contribution in [0.2, 0.25) is 0 Å². The Kier molecular flexibility index (Phi) is 3.29. The summed E-state index contributed by atoms with van der Waals surface area (Å²) in [6, 6.07) is 1.81. The molecule has 1 aromatic heterocycles. The number of piperidine rings is 1. The second-order valence-electron chi connectivity index (χ2n) is 4.43. The standard InChI is InChI=1S/C12H19N3O/c1-15-5-3-9(4-6-15)10-8-14-12(13)7-11(10)16-2/h7-9H,3-6H2,1-2H3,(H2,13,14). The van der Waals surface area contributed by atoms with E-state index in [9.17, 15) is 0 Å². The quantitative estimate of drug-likeness (QED) is 0.822. The first-order valence-electron chi connectivity index (χ1n) is 5.68. The molecule has 0 aliphatic carbocycles. The predicted octanol–water partition coefficient (Wildman–Crippen LogP) is 1.48. The molecule has 2 N–H and O–H groups in total. The highest BCUT2D eigenvalue weighted by Crippen LogP contribution is 2.33. The van der Waals surface area contributed by atoms with E-state index in [1.54, 1.807) is 7.11 Å². The van der Waals surface area contributed by atoms with Gasteiger partial charge in [-0.1, -0.05) is 0 Å². The van der Waals surface area contributed by atoms with Crippen LogP contribution in [0.3, 0.4) is 0 Å². The lowest BCUT2D eigenvalue weighted by Gasteiger charge is -2.29. The lowest BCUT2D eigenvalue weighted by molar-refractivity contribution is 0.252. The van der Waals surface area contributed by atoms with Crippen LogP contribution in [-0.4, -0.2) is 37.1 Å². The highest BCUT2D eigenvalue weighted by Gasteiger charge is 2.21. The summed E-state index contributed by atoms with van der Waals surface area (Å²) in [4.78, 5) is 6.52. The third kappa shape index (κ3) is 2.27. The average molecular weight is 221 g/mol. The summed E-state index contributed by atoms with van der Waals surface area (Å²) in [5.41, 5.74) is 6.85. The number of pyridine rings is 1. The van der Waals surface area contributed by atoms with E-state index in [1.807, 2.05) is 12.3 Å². The summed E-state index contributed by atoms with van der Waals surface area (Å²) in [6.45, 7) is 2.27. The zero-order valence-electron chi connectivity index (χ0n) is 9.94. The SMILES string of the molecule is COc1cc(N)ncc1C1CCN(C)CC1. The zero-order chi connectivity index (χ0) is 11.5. The molecule has 0 atom stereocenters. The Morgan fingerprint density at radius 2 is 2.12 bits per heavy atom. The van der Waals surface area contributed by atoms with E-state index in [1.165, 1.54) is 18.4 Å². The van der Waals surface area contributed by atoms with Crippen molar-refractivity contribution in [3.05, 3.63) is 17.8 Å². The Balaban J connectivity index is 2.19. The molecular formula is C12H19N3O. The Bertz CT molecular complexity index is 359. The highest BCUT2D eigenvalue weighted by atomic mass is 16.5. The van der Waals surface area contributed by atoms with Crippen LogP contribution in [0.5, 0.6) is 5.75 Å². The van der Waals surface area contributed by atoms with Crippen LogP contribution in [0.15, 0.2) is 12.3 Å². The molecule has 2 heterocycles. The molecule has 0 unspecified atom stereocenters. The van der Waals surface area contributed by atoms with Gasteiger partial charge < -0.3 is 15.4 Å². The molecule has 1 aliphatic heterocycles. The van der Waals surface area contributed by atoms with Crippen molar-refractivity contribution in [3.8, 4) is 5.75 Å². The second kappa shape index (κ2) is 4.70. The molecule has 1 aromatic rings. The minimum atomic E-state index is 0.522. The maximum atomic E-state index is 5.66. The smallest absolute Gasteiger partial charge is 0.127 e. The maximum Gasteiger partial charge on any atom is 0.127 e. The van der Waals surface area contributed by atoms with Crippen molar-refractivity contribution in [1.29, 1.82) is 0 Å². The molecule has 0 spiro atoms. The molecule has 0 saturated carbocycles. The molecule has 4 heteroatoms. The first-order valence-corrected chi connectivity index (χ1v) is 5.68. The number of ether oxygens (including phenoxy) is 1. The maximum absolute atomic E-state index is 5.66. The fraction of sp³-hybridized carbons (Fsp3) is 0.583. The number of nitrogens with zero attached hydrogens (tertiary/aromatic N) is 2. The number of hydrogen-bond donors (Lipinski definition) is 1. The first kappa shape index (κ1) is 11.2. The predicted molar refractivity (Wildman–Crippen MR) is 64.7 cm³/mol. The van der Waals surface area contributed by atoms with E-state index < -0.39 is 0 Å². The zero-order valence-corrected chi connectivity index (χ0v) is 9.94. The third-order valence-corrected chi connectivity index (χ3v) is 3.29. The summed E-state index contributed by atoms with van der Waals surface area (Å²) in [7, 11) is 3.85. The molecule has 0 amide bonds. The monoisotopic (exact) mass is 221 g/mol. The number of nitrogen functional groups attached to an aromatic ring is 1. The summed E-state index contributed by atoms with van der Waals surface area (Å²) in [6.07, 6.45) is 4.20. The number of anilines is 1. The number of rotatable bonds is 2. The van der Waals surface area contributed by atoms with Crippen molar-refractivity contribution in [3.63, 3.8) is 0 Å². The van der Waals surface area contributed by atoms with Crippen LogP contribution in [0.1, 0.15) is 24.3 Å². The summed E-state index contributed by atoms with van der Waals surface area (Å²) < 4.78 is 5.37. The van der Waals surface area contributed by atoms with Gasteiger partial charge in [-0.25, -0.2) is 4.98 Å². The normalized spacial score (nSPS) is 18.6. The summed E-state index contributed by atoms with van der Waals surface area (Å²) >= 11 is 0. The van der Waals surface area contributed by atoms with E-state index in [2.05, 4.69) is 16.9 Å². The minimum absolute atomic E-state index is 0.522. The lowest BCUT2D eigenvalue weighted by atomic mass is 9.90. The van der Waals surface area contributed by atoms with Crippen molar-refractivity contribution in [2.45, 2.75) is 18.8 Å². The highest BCUT2D eigenvalue weighted by molar-refractivity contribution is 5.43. The van der Waals surface area contributed by atoms with Gasteiger partial charge in [-0.3, -0.25) is 0 Å².